The van der Waals surface area contributed by atoms with Gasteiger partial charge in [-0.15, -0.1) is 0 Å². The number of carboxylic acid groups (broad SMARTS) is 3. The van der Waals surface area contributed by atoms with Crippen LogP contribution >= 0.6 is 0 Å². The number of unbranched alkanes of at least 4 members (excludes halogenated alkanes) is 14. The predicted molar refractivity (Wildman–Crippen MR) is 236 cm³/mol. The highest BCUT2D eigenvalue weighted by molar-refractivity contribution is 5.83. The summed E-state index contributed by atoms with van der Waals surface area (Å²) in [6, 6.07) is -0.867. The molecule has 0 heterocycles. The van der Waals surface area contributed by atoms with Crippen LogP contribution in [0, 0.1) is 5.92 Å². The van der Waals surface area contributed by atoms with Crippen LogP contribution in [0.1, 0.15) is 168 Å². The normalized spacial score (nSPS) is 11.9. The summed E-state index contributed by atoms with van der Waals surface area (Å²) < 4.78 is 21.1. The Labute approximate surface area is 370 Å². The van der Waals surface area contributed by atoms with E-state index in [1.54, 1.807) is 6.92 Å². The molecule has 2 atom stereocenters. The van der Waals surface area contributed by atoms with E-state index < -0.39 is 29.9 Å². The molecule has 0 aliphatic rings. The fraction of sp³-hybridized carbons (Fsp3) is 0.844. The molecule has 0 bridgehead atoms. The summed E-state index contributed by atoms with van der Waals surface area (Å²) in [6.45, 7) is 6.51. The van der Waals surface area contributed by atoms with Gasteiger partial charge in [-0.05, 0) is 44.9 Å². The number of carboxylic acids is 3. The van der Waals surface area contributed by atoms with Gasteiger partial charge in [0, 0.05) is 51.8 Å². The summed E-state index contributed by atoms with van der Waals surface area (Å²) in [5, 5.41) is 31.6. The molecule has 7 N–H and O–H groups in total. The molecular weight excluding hydrogens is 807 g/mol. The van der Waals surface area contributed by atoms with E-state index in [1.807, 2.05) is 6.92 Å². The fourth-order valence-corrected chi connectivity index (χ4v) is 6.02. The molecular formula is C45H83N3O14. The number of ether oxygens (including phenoxy) is 4. The number of ketones is 2. The molecule has 0 radical (unpaired) electrons. The molecule has 0 aliphatic heterocycles. The molecule has 0 saturated heterocycles. The van der Waals surface area contributed by atoms with E-state index in [9.17, 15) is 33.6 Å². The Bertz CT molecular complexity index is 1170. The first kappa shape index (κ1) is 60.6. The van der Waals surface area contributed by atoms with Crippen LogP contribution in [0.25, 0.3) is 0 Å². The number of aliphatic carboxylic acids is 3. The third-order valence-electron chi connectivity index (χ3n) is 9.87. The first-order chi connectivity index (χ1) is 29.8. The topological polar surface area (TPSA) is 267 Å². The van der Waals surface area contributed by atoms with Crippen molar-refractivity contribution in [3.8, 4) is 0 Å². The number of nitrogens with two attached hydrogens (primary N) is 1. The number of carbonyl (C=O) groups excluding carboxylic acids is 4. The number of hydrogen-bond donors (Lipinski definition) is 6. The van der Waals surface area contributed by atoms with Crippen LogP contribution in [-0.2, 0) is 52.5 Å². The van der Waals surface area contributed by atoms with Crippen LogP contribution in [0.3, 0.4) is 0 Å². The largest absolute Gasteiger partial charge is 0.481 e. The molecule has 0 saturated carbocycles. The number of carbonyl (C=O) groups is 7. The molecule has 0 aromatic carbocycles. The molecule has 0 rings (SSSR count). The van der Waals surface area contributed by atoms with Gasteiger partial charge in [-0.1, -0.05) is 90.9 Å². The van der Waals surface area contributed by atoms with Gasteiger partial charge in [0.2, 0.25) is 11.8 Å². The van der Waals surface area contributed by atoms with Crippen molar-refractivity contribution in [2.24, 2.45) is 11.7 Å². The van der Waals surface area contributed by atoms with E-state index in [2.05, 4.69) is 10.6 Å². The summed E-state index contributed by atoms with van der Waals surface area (Å²) in [7, 11) is 0. The van der Waals surface area contributed by atoms with Gasteiger partial charge in [0.15, 0.2) is 5.78 Å². The van der Waals surface area contributed by atoms with Gasteiger partial charge in [0.25, 0.3) is 0 Å². The van der Waals surface area contributed by atoms with Gasteiger partial charge in [-0.2, -0.15) is 0 Å². The minimum Gasteiger partial charge on any atom is -0.481 e. The second kappa shape index (κ2) is 45.5. The first-order valence-electron chi connectivity index (χ1n) is 23.1. The molecule has 0 spiro atoms. The highest BCUT2D eigenvalue weighted by atomic mass is 16.5. The number of Topliss-reactive ketones (excluding diaryl/α,β-unsaturated/α-hetero) is 2. The molecule has 0 unspecified atom stereocenters. The van der Waals surface area contributed by atoms with Gasteiger partial charge in [-0.3, -0.25) is 33.6 Å². The highest BCUT2D eigenvalue weighted by Crippen LogP contribution is 2.15. The van der Waals surface area contributed by atoms with Gasteiger partial charge in [0.05, 0.1) is 39.0 Å². The summed E-state index contributed by atoms with van der Waals surface area (Å²) in [6.07, 6.45) is 20.8. The standard InChI is InChI=1S/C23H42O5.C22H41N3O9/c1-2-20(23(27)28)19-21(24)17-15-13-11-9-7-5-3-4-6-8-10-12-14-16-18-22(25)26;1-2-20(27)25-9-11-32-13-14-33-16-18(26)6-5-10-31-12-15-34-17-21(28)24-8-4-3-7-19(23)22(29)30/h20H,2-19H2,1H3,(H,25,26)(H,27,28);19H,2-17,23H2,1H3,(H,24,28)(H,25,27)(H,29,30)/t20-;19-/m10/s1. The van der Waals surface area contributed by atoms with Crippen LogP contribution in [0.5, 0.6) is 0 Å². The van der Waals surface area contributed by atoms with Gasteiger partial charge < -0.3 is 50.6 Å². The van der Waals surface area contributed by atoms with Crippen LogP contribution in [-0.4, -0.2) is 129 Å². The van der Waals surface area contributed by atoms with E-state index in [0.717, 1.165) is 32.1 Å². The lowest BCUT2D eigenvalue weighted by Crippen LogP contribution is -2.31. The minimum absolute atomic E-state index is 0.0170. The van der Waals surface area contributed by atoms with Crippen LogP contribution in [0.15, 0.2) is 0 Å². The zero-order valence-electron chi connectivity index (χ0n) is 38.1. The van der Waals surface area contributed by atoms with Crippen molar-refractivity contribution in [3.63, 3.8) is 0 Å². The van der Waals surface area contributed by atoms with Crippen molar-refractivity contribution in [2.75, 3.05) is 65.9 Å². The van der Waals surface area contributed by atoms with Crippen molar-refractivity contribution in [2.45, 2.75) is 174 Å². The van der Waals surface area contributed by atoms with Crippen LogP contribution in [0.4, 0.5) is 0 Å². The maximum atomic E-state index is 11.8. The summed E-state index contributed by atoms with van der Waals surface area (Å²) >= 11 is 0. The van der Waals surface area contributed by atoms with E-state index >= 15 is 0 Å². The maximum absolute atomic E-state index is 11.8. The fourth-order valence-electron chi connectivity index (χ4n) is 6.02. The third kappa shape index (κ3) is 46.0. The zero-order chi connectivity index (χ0) is 46.5. The lowest BCUT2D eigenvalue weighted by molar-refractivity contribution is -0.144. The average Bonchev–Trinajstić information content (AvgIpc) is 3.23. The van der Waals surface area contributed by atoms with E-state index in [-0.39, 0.29) is 49.6 Å². The third-order valence-corrected chi connectivity index (χ3v) is 9.87. The quantitative estimate of drug-likeness (QED) is 0.0382. The molecule has 0 aromatic rings. The zero-order valence-corrected chi connectivity index (χ0v) is 38.1. The lowest BCUT2D eigenvalue weighted by Gasteiger charge is -2.08. The average molecular weight is 890 g/mol. The van der Waals surface area contributed by atoms with Crippen molar-refractivity contribution >= 4 is 41.3 Å². The van der Waals surface area contributed by atoms with Crippen molar-refractivity contribution in [3.05, 3.63) is 0 Å². The van der Waals surface area contributed by atoms with E-state index in [4.69, 9.17) is 40.0 Å². The number of nitrogens with one attached hydrogen (secondary N) is 2. The first-order valence-corrected chi connectivity index (χ1v) is 23.1. The van der Waals surface area contributed by atoms with Gasteiger partial charge in [-0.25, -0.2) is 0 Å². The monoisotopic (exact) mass is 890 g/mol. The SMILES string of the molecule is CCC(=O)NCCOCCOCC(=O)CCCOCCOCC(=O)NCCCC[C@H](N)C(=O)O.CC[C@H](CC(=O)CCCCCCCCCCCCCCCCC(=O)O)C(=O)O. The van der Waals surface area contributed by atoms with Crippen LogP contribution in [0.2, 0.25) is 0 Å². The Balaban J connectivity index is 0. The maximum Gasteiger partial charge on any atom is 0.320 e. The number of hydrogen-bond acceptors (Lipinski definition) is 12. The second-order valence-corrected chi connectivity index (χ2v) is 15.5. The molecule has 0 aliphatic carbocycles. The summed E-state index contributed by atoms with van der Waals surface area (Å²) in [4.78, 5) is 78.0. The van der Waals surface area contributed by atoms with Crippen molar-refractivity contribution in [1.82, 2.24) is 10.6 Å². The Morgan fingerprint density at radius 1 is 0.484 bits per heavy atom. The highest BCUT2D eigenvalue weighted by Gasteiger charge is 2.18. The second-order valence-electron chi connectivity index (χ2n) is 15.5. The van der Waals surface area contributed by atoms with Crippen LogP contribution < -0.4 is 16.4 Å². The molecule has 0 fully saturated rings. The summed E-state index contributed by atoms with van der Waals surface area (Å²) in [5.74, 6) is -3.26. The smallest absolute Gasteiger partial charge is 0.320 e. The molecule has 62 heavy (non-hydrogen) atoms. The Hall–Kier alpha value is -3.51. The molecule has 17 nitrogen and oxygen atoms in total. The number of amides is 2. The van der Waals surface area contributed by atoms with Crippen molar-refractivity contribution < 1.29 is 67.8 Å². The molecule has 362 valence electrons. The molecule has 0 aromatic heterocycles. The summed E-state index contributed by atoms with van der Waals surface area (Å²) in [5.41, 5.74) is 5.40. The van der Waals surface area contributed by atoms with E-state index in [1.165, 1.54) is 57.8 Å². The lowest BCUT2D eigenvalue weighted by atomic mass is 9.97. The predicted octanol–water partition coefficient (Wildman–Crippen LogP) is 6.01. The Morgan fingerprint density at radius 3 is 1.48 bits per heavy atom. The molecule has 17 heteroatoms. The van der Waals surface area contributed by atoms with Gasteiger partial charge >= 0.3 is 17.9 Å². The molecule has 2 amide bonds. The minimum atomic E-state index is -1.02. The van der Waals surface area contributed by atoms with Gasteiger partial charge in [0.1, 0.15) is 25.0 Å². The number of rotatable bonds is 45. The van der Waals surface area contributed by atoms with Crippen molar-refractivity contribution in [1.29, 1.82) is 0 Å². The van der Waals surface area contributed by atoms with E-state index in [0.29, 0.717) is 104 Å². The Morgan fingerprint density at radius 2 is 0.968 bits per heavy atom. The Kier molecular flexibility index (Phi) is 44.5.